The number of halogens is 3. The van der Waals surface area contributed by atoms with Gasteiger partial charge >= 0.3 is 12.1 Å². The molecule has 1 aromatic carbocycles. The van der Waals surface area contributed by atoms with E-state index in [-0.39, 0.29) is 36.8 Å². The molecule has 8 nitrogen and oxygen atoms in total. The first-order valence-corrected chi connectivity index (χ1v) is 8.46. The van der Waals surface area contributed by atoms with Crippen molar-refractivity contribution in [2.75, 3.05) is 5.32 Å². The largest absolute Gasteiger partial charge is 0.478 e. The van der Waals surface area contributed by atoms with Gasteiger partial charge in [-0.1, -0.05) is 12.1 Å². The average molecular weight is 407 g/mol. The number of carboxylic acids is 1. The molecule has 0 aliphatic rings. The number of hydrogen-bond acceptors (Lipinski definition) is 4. The number of alkyl halides is 3. The van der Waals surface area contributed by atoms with Gasteiger partial charge in [0, 0.05) is 31.4 Å². The van der Waals surface area contributed by atoms with E-state index in [9.17, 15) is 22.8 Å². The summed E-state index contributed by atoms with van der Waals surface area (Å²) in [5.41, 5.74) is -0.284. The van der Waals surface area contributed by atoms with E-state index in [1.165, 1.54) is 33.9 Å². The number of benzene rings is 1. The number of rotatable bonds is 7. The molecule has 0 fully saturated rings. The summed E-state index contributed by atoms with van der Waals surface area (Å²) in [5, 5.41) is 19.4. The highest BCUT2D eigenvalue weighted by atomic mass is 19.4. The minimum absolute atomic E-state index is 0.0266. The van der Waals surface area contributed by atoms with Gasteiger partial charge in [-0.15, -0.1) is 0 Å². The molecule has 2 N–H and O–H groups in total. The van der Waals surface area contributed by atoms with E-state index in [2.05, 4.69) is 15.5 Å². The van der Waals surface area contributed by atoms with E-state index in [0.717, 1.165) is 12.1 Å². The number of nitrogens with zero attached hydrogens (tertiary/aromatic N) is 4. The van der Waals surface area contributed by atoms with Crippen LogP contribution in [0.2, 0.25) is 0 Å². The average Bonchev–Trinajstić information content (AvgIpc) is 3.29. The molecule has 0 saturated heterocycles. The summed E-state index contributed by atoms with van der Waals surface area (Å²) in [7, 11) is 0. The van der Waals surface area contributed by atoms with E-state index < -0.39 is 17.7 Å². The predicted octanol–water partition coefficient (Wildman–Crippen LogP) is 2.87. The molecule has 0 aliphatic carbocycles. The second kappa shape index (κ2) is 8.17. The summed E-state index contributed by atoms with van der Waals surface area (Å²) in [6.45, 7) is 0.301. The van der Waals surface area contributed by atoms with Crippen LogP contribution in [-0.2, 0) is 24.1 Å². The van der Waals surface area contributed by atoms with Crippen LogP contribution in [0.15, 0.2) is 48.9 Å². The molecular formula is C18H16F3N5O3. The number of anilines is 1. The Labute approximate surface area is 162 Å². The van der Waals surface area contributed by atoms with Gasteiger partial charge in [0.05, 0.1) is 23.9 Å². The summed E-state index contributed by atoms with van der Waals surface area (Å²) in [5.74, 6) is -1.21. The van der Waals surface area contributed by atoms with E-state index in [1.807, 2.05) is 0 Å². The number of carboxylic acid groups (broad SMARTS) is 1. The van der Waals surface area contributed by atoms with Gasteiger partial charge < -0.3 is 10.4 Å². The third-order valence-corrected chi connectivity index (χ3v) is 3.96. The lowest BCUT2D eigenvalue weighted by Gasteiger charge is -2.08. The zero-order chi connectivity index (χ0) is 21.0. The Kier molecular flexibility index (Phi) is 5.66. The van der Waals surface area contributed by atoms with Crippen molar-refractivity contribution in [3.05, 3.63) is 65.6 Å². The quantitative estimate of drug-likeness (QED) is 0.627. The number of amides is 1. The summed E-state index contributed by atoms with van der Waals surface area (Å²) in [4.78, 5) is 22.8. The SMILES string of the molecule is O=C(CCn1cc(C(=O)O)cn1)Nc1ccn(Cc2cccc(C(F)(F)F)c2)n1. The molecule has 152 valence electrons. The van der Waals surface area contributed by atoms with E-state index in [0.29, 0.717) is 5.56 Å². The summed E-state index contributed by atoms with van der Waals surface area (Å²) in [6.07, 6.45) is -0.322. The molecule has 2 heterocycles. The Morgan fingerprint density at radius 1 is 1.17 bits per heavy atom. The summed E-state index contributed by atoms with van der Waals surface area (Å²) < 4.78 is 41.1. The van der Waals surface area contributed by atoms with Crippen LogP contribution >= 0.6 is 0 Å². The predicted molar refractivity (Wildman–Crippen MR) is 95.2 cm³/mol. The van der Waals surface area contributed by atoms with Crippen LogP contribution in [0.25, 0.3) is 0 Å². The number of aryl methyl sites for hydroxylation is 1. The van der Waals surface area contributed by atoms with Crippen LogP contribution in [0.3, 0.4) is 0 Å². The Morgan fingerprint density at radius 3 is 2.66 bits per heavy atom. The highest BCUT2D eigenvalue weighted by Crippen LogP contribution is 2.29. The summed E-state index contributed by atoms with van der Waals surface area (Å²) >= 11 is 0. The fourth-order valence-corrected chi connectivity index (χ4v) is 2.57. The van der Waals surface area contributed by atoms with Crippen molar-refractivity contribution in [3.63, 3.8) is 0 Å². The van der Waals surface area contributed by atoms with E-state index in [4.69, 9.17) is 5.11 Å². The molecule has 2 aromatic heterocycles. The highest BCUT2D eigenvalue weighted by Gasteiger charge is 2.30. The molecule has 1 amide bonds. The first-order valence-electron chi connectivity index (χ1n) is 8.46. The maximum atomic E-state index is 12.8. The monoisotopic (exact) mass is 407 g/mol. The number of nitrogens with one attached hydrogen (secondary N) is 1. The maximum absolute atomic E-state index is 12.8. The van der Waals surface area contributed by atoms with Crippen LogP contribution in [0.4, 0.5) is 19.0 Å². The van der Waals surface area contributed by atoms with Crippen LogP contribution in [0, 0.1) is 0 Å². The van der Waals surface area contributed by atoms with Crippen LogP contribution in [-0.4, -0.2) is 36.5 Å². The molecule has 0 radical (unpaired) electrons. The number of hydrogen-bond donors (Lipinski definition) is 2. The first-order chi connectivity index (χ1) is 13.7. The van der Waals surface area contributed by atoms with Crippen molar-refractivity contribution in [1.82, 2.24) is 19.6 Å². The zero-order valence-corrected chi connectivity index (χ0v) is 14.9. The van der Waals surface area contributed by atoms with Crippen LogP contribution < -0.4 is 5.32 Å². The first kappa shape index (κ1) is 20.1. The number of carbonyl (C=O) groups excluding carboxylic acids is 1. The lowest BCUT2D eigenvalue weighted by molar-refractivity contribution is -0.137. The van der Waals surface area contributed by atoms with Crippen molar-refractivity contribution in [3.8, 4) is 0 Å². The molecule has 0 aliphatic heterocycles. The zero-order valence-electron chi connectivity index (χ0n) is 14.9. The molecule has 0 atom stereocenters. The van der Waals surface area contributed by atoms with Gasteiger partial charge in [0.25, 0.3) is 0 Å². The third kappa shape index (κ3) is 5.43. The molecule has 11 heteroatoms. The van der Waals surface area contributed by atoms with Crippen LogP contribution in [0.5, 0.6) is 0 Å². The van der Waals surface area contributed by atoms with Gasteiger partial charge in [0.15, 0.2) is 5.82 Å². The van der Waals surface area contributed by atoms with Gasteiger partial charge in [-0.05, 0) is 17.7 Å². The second-order valence-corrected chi connectivity index (χ2v) is 6.19. The topological polar surface area (TPSA) is 102 Å². The molecule has 0 saturated carbocycles. The second-order valence-electron chi connectivity index (χ2n) is 6.19. The van der Waals surface area contributed by atoms with Crippen LogP contribution in [0.1, 0.15) is 27.9 Å². The lowest BCUT2D eigenvalue weighted by Crippen LogP contribution is -2.15. The van der Waals surface area contributed by atoms with Crippen molar-refractivity contribution in [2.24, 2.45) is 0 Å². The lowest BCUT2D eigenvalue weighted by atomic mass is 10.1. The Bertz CT molecular complexity index is 1030. The van der Waals surface area contributed by atoms with Crippen molar-refractivity contribution in [2.45, 2.75) is 25.7 Å². The maximum Gasteiger partial charge on any atom is 0.416 e. The van der Waals surface area contributed by atoms with Gasteiger partial charge in [-0.25, -0.2) is 4.79 Å². The molecule has 3 rings (SSSR count). The molecule has 29 heavy (non-hydrogen) atoms. The van der Waals surface area contributed by atoms with Gasteiger partial charge in [-0.3, -0.25) is 14.2 Å². The smallest absolute Gasteiger partial charge is 0.416 e. The van der Waals surface area contributed by atoms with Crippen molar-refractivity contribution >= 4 is 17.7 Å². The number of carbonyl (C=O) groups is 2. The molecule has 0 bridgehead atoms. The fraction of sp³-hybridized carbons (Fsp3) is 0.222. The minimum atomic E-state index is -4.42. The highest BCUT2D eigenvalue weighted by molar-refractivity contribution is 5.89. The molecule has 0 unspecified atom stereocenters. The van der Waals surface area contributed by atoms with Crippen molar-refractivity contribution in [1.29, 1.82) is 0 Å². The standard InChI is InChI=1S/C18H16F3N5O3/c19-18(20,21)14-3-1-2-12(8-14)10-26-6-4-15(24-26)23-16(27)5-7-25-11-13(9-22-25)17(28)29/h1-4,6,8-9,11H,5,7,10H2,(H,28,29)(H,23,24,27). The molecule has 3 aromatic rings. The van der Waals surface area contributed by atoms with Gasteiger partial charge in [0.1, 0.15) is 0 Å². The van der Waals surface area contributed by atoms with E-state index in [1.54, 1.807) is 12.3 Å². The number of aromatic nitrogens is 4. The van der Waals surface area contributed by atoms with Crippen molar-refractivity contribution < 1.29 is 27.9 Å². The number of aromatic carboxylic acids is 1. The normalized spacial score (nSPS) is 11.4. The Hall–Kier alpha value is -3.63. The van der Waals surface area contributed by atoms with E-state index >= 15 is 0 Å². The third-order valence-electron chi connectivity index (χ3n) is 3.96. The van der Waals surface area contributed by atoms with Gasteiger partial charge in [0.2, 0.25) is 5.91 Å². The summed E-state index contributed by atoms with van der Waals surface area (Å²) in [6, 6.07) is 6.47. The molecular weight excluding hydrogens is 391 g/mol. The van der Waals surface area contributed by atoms with Gasteiger partial charge in [-0.2, -0.15) is 23.4 Å². The minimum Gasteiger partial charge on any atom is -0.478 e. The Balaban J connectivity index is 1.54. The Morgan fingerprint density at radius 2 is 1.97 bits per heavy atom. The molecule has 0 spiro atoms. The fourth-order valence-electron chi connectivity index (χ4n) is 2.57.